The van der Waals surface area contributed by atoms with E-state index in [-0.39, 0.29) is 36.4 Å². The Morgan fingerprint density at radius 2 is 1.81 bits per heavy atom. The number of benzene rings is 1. The van der Waals surface area contributed by atoms with Gasteiger partial charge in [-0.15, -0.1) is 24.0 Å². The van der Waals surface area contributed by atoms with E-state index in [9.17, 15) is 4.79 Å². The number of nitrogens with one attached hydrogen (secondary N) is 2. The third-order valence-corrected chi connectivity index (χ3v) is 5.37. The van der Waals surface area contributed by atoms with Crippen LogP contribution in [-0.4, -0.2) is 60.9 Å². The van der Waals surface area contributed by atoms with Crippen LogP contribution in [0.4, 0.5) is 0 Å². The highest BCUT2D eigenvalue weighted by atomic mass is 127. The van der Waals surface area contributed by atoms with Crippen LogP contribution in [0.2, 0.25) is 0 Å². The smallest absolute Gasteiger partial charge is 0.242 e. The molecule has 3 rings (SSSR count). The van der Waals surface area contributed by atoms with E-state index < -0.39 is 0 Å². The fraction of sp³-hybridized carbons (Fsp3) is 0.478. The quantitative estimate of drug-likeness (QED) is 0.306. The minimum atomic E-state index is -0.115. The highest BCUT2D eigenvalue weighted by Gasteiger charge is 2.25. The average molecular weight is 539 g/mol. The molecule has 7 nitrogen and oxygen atoms in total. The predicted molar refractivity (Wildman–Crippen MR) is 135 cm³/mol. The molecule has 0 saturated carbocycles. The number of hydrogen-bond acceptors (Lipinski definition) is 4. The Morgan fingerprint density at radius 1 is 1.06 bits per heavy atom. The lowest BCUT2D eigenvalue weighted by molar-refractivity contribution is -0.119. The molecule has 1 unspecified atom stereocenters. The van der Waals surface area contributed by atoms with Crippen molar-refractivity contribution in [2.45, 2.75) is 32.9 Å². The summed E-state index contributed by atoms with van der Waals surface area (Å²) in [5.74, 6) is 1.42. The van der Waals surface area contributed by atoms with Gasteiger partial charge in [0.25, 0.3) is 0 Å². The molecule has 1 aromatic heterocycles. The Hall–Kier alpha value is -2.07. The zero-order valence-corrected chi connectivity index (χ0v) is 20.7. The molecule has 0 spiro atoms. The summed E-state index contributed by atoms with van der Waals surface area (Å²) < 4.78 is 5.24. The normalized spacial score (nSPS) is 15.8. The molecule has 1 aromatic carbocycles. The molecule has 0 bridgehead atoms. The van der Waals surface area contributed by atoms with Gasteiger partial charge in [0.2, 0.25) is 5.91 Å². The zero-order chi connectivity index (χ0) is 21.2. The van der Waals surface area contributed by atoms with Crippen LogP contribution in [0.1, 0.15) is 37.6 Å². The summed E-state index contributed by atoms with van der Waals surface area (Å²) in [6, 6.07) is 14.8. The molecule has 1 fully saturated rings. The van der Waals surface area contributed by atoms with Crippen molar-refractivity contribution in [1.29, 1.82) is 0 Å². The lowest BCUT2D eigenvalue weighted by atomic mass is 10.0. The highest BCUT2D eigenvalue weighted by molar-refractivity contribution is 14.0. The topological polar surface area (TPSA) is 73.1 Å². The number of guanidine groups is 1. The second kappa shape index (κ2) is 13.4. The molecule has 2 heterocycles. The van der Waals surface area contributed by atoms with Gasteiger partial charge in [0.15, 0.2) is 5.96 Å². The molecule has 1 saturated heterocycles. The van der Waals surface area contributed by atoms with Gasteiger partial charge >= 0.3 is 0 Å². The molecular weight excluding hydrogens is 505 g/mol. The van der Waals surface area contributed by atoms with Crippen LogP contribution in [0, 0.1) is 0 Å². The first kappa shape index (κ1) is 25.2. The molecule has 31 heavy (non-hydrogen) atoms. The van der Waals surface area contributed by atoms with Crippen LogP contribution in [0.5, 0.6) is 0 Å². The first-order valence-electron chi connectivity index (χ1n) is 10.8. The number of halogens is 1. The Kier molecular flexibility index (Phi) is 10.9. The van der Waals surface area contributed by atoms with Crippen LogP contribution in [0.3, 0.4) is 0 Å². The number of amides is 1. The second-order valence-corrected chi connectivity index (χ2v) is 7.38. The number of aliphatic imine (C=N–C) groups is 1. The fourth-order valence-electron chi connectivity index (χ4n) is 3.85. The van der Waals surface area contributed by atoms with E-state index in [1.165, 1.54) is 5.56 Å². The summed E-state index contributed by atoms with van der Waals surface area (Å²) >= 11 is 0. The maximum absolute atomic E-state index is 12.2. The third-order valence-electron chi connectivity index (χ3n) is 5.37. The van der Waals surface area contributed by atoms with E-state index in [0.29, 0.717) is 12.6 Å². The predicted octanol–water partition coefficient (Wildman–Crippen LogP) is 3.25. The Morgan fingerprint density at radius 3 is 2.42 bits per heavy atom. The fourth-order valence-corrected chi connectivity index (χ4v) is 3.85. The first-order valence-corrected chi connectivity index (χ1v) is 10.8. The van der Waals surface area contributed by atoms with E-state index in [1.54, 1.807) is 6.26 Å². The minimum Gasteiger partial charge on any atom is -0.467 e. The van der Waals surface area contributed by atoms with Gasteiger partial charge in [-0.3, -0.25) is 9.69 Å². The van der Waals surface area contributed by atoms with Gasteiger partial charge < -0.3 is 20.0 Å². The number of furan rings is 1. The van der Waals surface area contributed by atoms with Crippen molar-refractivity contribution >= 4 is 35.8 Å². The monoisotopic (exact) mass is 539 g/mol. The number of rotatable bonds is 8. The van der Waals surface area contributed by atoms with Crippen molar-refractivity contribution in [2.75, 3.05) is 39.3 Å². The Balaban J connectivity index is 0.00000341. The first-order chi connectivity index (χ1) is 14.7. The van der Waals surface area contributed by atoms with Crippen LogP contribution in [0.15, 0.2) is 58.1 Å². The third kappa shape index (κ3) is 7.53. The number of carbonyl (C=O) groups is 1. The lowest BCUT2D eigenvalue weighted by Gasteiger charge is -2.40. The molecule has 0 radical (unpaired) electrons. The van der Waals surface area contributed by atoms with Gasteiger partial charge in [-0.25, -0.2) is 4.99 Å². The molecule has 1 aliphatic heterocycles. The van der Waals surface area contributed by atoms with Crippen LogP contribution in [-0.2, 0) is 11.3 Å². The number of nitrogens with zero attached hydrogens (tertiary/aromatic N) is 3. The highest BCUT2D eigenvalue weighted by Crippen LogP contribution is 2.25. The summed E-state index contributed by atoms with van der Waals surface area (Å²) in [6.45, 7) is 9.29. The molecule has 1 atom stereocenters. The average Bonchev–Trinajstić information content (AvgIpc) is 3.31. The van der Waals surface area contributed by atoms with E-state index in [2.05, 4.69) is 62.7 Å². The van der Waals surface area contributed by atoms with Crippen LogP contribution in [0.25, 0.3) is 0 Å². The summed E-state index contributed by atoms with van der Waals surface area (Å²) in [5.41, 5.74) is 1.38. The summed E-state index contributed by atoms with van der Waals surface area (Å²) in [6.07, 6.45) is 2.69. The van der Waals surface area contributed by atoms with Crippen molar-refractivity contribution in [2.24, 2.45) is 4.99 Å². The summed E-state index contributed by atoms with van der Waals surface area (Å²) in [7, 11) is 0. The number of carbonyl (C=O) groups excluding carboxylic acids is 1. The molecule has 170 valence electrons. The maximum atomic E-state index is 12.2. The Labute approximate surface area is 202 Å². The lowest BCUT2D eigenvalue weighted by Crippen LogP contribution is -2.53. The van der Waals surface area contributed by atoms with Gasteiger partial charge in [0.05, 0.1) is 12.8 Å². The molecule has 0 aliphatic carbocycles. The van der Waals surface area contributed by atoms with Crippen molar-refractivity contribution < 1.29 is 9.21 Å². The van der Waals surface area contributed by atoms with Crippen LogP contribution < -0.4 is 10.6 Å². The molecule has 2 N–H and O–H groups in total. The summed E-state index contributed by atoms with van der Waals surface area (Å²) in [4.78, 5) is 21.5. The van der Waals surface area contributed by atoms with Gasteiger partial charge in [0, 0.05) is 38.8 Å². The number of piperazine rings is 1. The maximum Gasteiger partial charge on any atom is 0.242 e. The summed E-state index contributed by atoms with van der Waals surface area (Å²) in [5, 5.41) is 6.16. The number of hydrogen-bond donors (Lipinski definition) is 2. The Bertz CT molecular complexity index is 790. The van der Waals surface area contributed by atoms with Gasteiger partial charge in [-0.2, -0.15) is 0 Å². The molecule has 8 heteroatoms. The van der Waals surface area contributed by atoms with Crippen molar-refractivity contribution in [3.8, 4) is 0 Å². The zero-order valence-electron chi connectivity index (χ0n) is 18.4. The van der Waals surface area contributed by atoms with Gasteiger partial charge in [-0.1, -0.05) is 37.3 Å². The SMILES string of the molecule is CCNC(=NCC(=O)NCc1ccco1)N1CCN(C(CC)c2ccccc2)CC1.I. The molecule has 1 amide bonds. The van der Waals surface area contributed by atoms with Gasteiger partial charge in [0.1, 0.15) is 12.3 Å². The van der Waals surface area contributed by atoms with E-state index in [0.717, 1.165) is 50.9 Å². The minimum absolute atomic E-state index is 0. The van der Waals surface area contributed by atoms with Crippen LogP contribution >= 0.6 is 24.0 Å². The van der Waals surface area contributed by atoms with E-state index in [4.69, 9.17) is 4.42 Å². The van der Waals surface area contributed by atoms with Crippen molar-refractivity contribution in [3.63, 3.8) is 0 Å². The van der Waals surface area contributed by atoms with Crippen molar-refractivity contribution in [3.05, 3.63) is 60.1 Å². The molecule has 2 aromatic rings. The van der Waals surface area contributed by atoms with E-state index in [1.807, 2.05) is 19.1 Å². The van der Waals surface area contributed by atoms with Gasteiger partial charge in [-0.05, 0) is 31.0 Å². The van der Waals surface area contributed by atoms with E-state index >= 15 is 0 Å². The second-order valence-electron chi connectivity index (χ2n) is 7.38. The molecular formula is C23H34IN5O2. The van der Waals surface area contributed by atoms with Crippen molar-refractivity contribution in [1.82, 2.24) is 20.4 Å². The molecule has 1 aliphatic rings. The standard InChI is InChI=1S/C23H33N5O2.HI/c1-3-21(19-9-6-5-7-10-19)27-12-14-28(15-13-27)23(24-4-2)26-18-22(29)25-17-20-11-8-16-30-20;/h5-11,16,21H,3-4,12-15,17-18H2,1-2H3,(H,24,26)(H,25,29);1H. The largest absolute Gasteiger partial charge is 0.467 e.